The van der Waals surface area contributed by atoms with Crippen LogP contribution in [-0.4, -0.2) is 29.2 Å². The van der Waals surface area contributed by atoms with E-state index in [4.69, 9.17) is 0 Å². The van der Waals surface area contributed by atoms with Crippen molar-refractivity contribution in [2.24, 2.45) is 0 Å². The summed E-state index contributed by atoms with van der Waals surface area (Å²) < 4.78 is 0.877. The Balaban J connectivity index is 1.43. The number of amides is 1. The number of nitrogens with one attached hydrogen (secondary N) is 1. The van der Waals surface area contributed by atoms with Gasteiger partial charge in [0.1, 0.15) is 0 Å². The Hall–Kier alpha value is -2.73. The molecule has 0 bridgehead atoms. The van der Waals surface area contributed by atoms with Crippen LogP contribution in [0.3, 0.4) is 0 Å². The summed E-state index contributed by atoms with van der Waals surface area (Å²) in [6.07, 6.45) is 5.03. The molecule has 1 aliphatic heterocycles. The van der Waals surface area contributed by atoms with Crippen LogP contribution in [0.1, 0.15) is 36.0 Å². The summed E-state index contributed by atoms with van der Waals surface area (Å²) in [5.74, 6) is 0.814. The smallest absolute Gasteiger partial charge is 0.255 e. The van der Waals surface area contributed by atoms with E-state index in [1.54, 1.807) is 12.1 Å². The highest BCUT2D eigenvalue weighted by atomic mass is 79.9. The van der Waals surface area contributed by atoms with Crippen LogP contribution in [-0.2, 0) is 0 Å². The third-order valence-electron chi connectivity index (χ3n) is 5.11. The van der Waals surface area contributed by atoms with Crippen molar-refractivity contribution >= 4 is 33.3 Å². The first-order valence-electron chi connectivity index (χ1n) is 9.95. The molecule has 1 amide bonds. The lowest BCUT2D eigenvalue weighted by atomic mass is 10.1. The Labute approximate surface area is 179 Å². The second-order valence-electron chi connectivity index (χ2n) is 7.22. The molecule has 0 saturated carbocycles. The fourth-order valence-corrected chi connectivity index (χ4v) is 3.90. The molecule has 0 radical (unpaired) electrons. The normalized spacial score (nSPS) is 14.3. The summed E-state index contributed by atoms with van der Waals surface area (Å²) in [6.45, 7) is 2.11. The van der Waals surface area contributed by atoms with E-state index in [9.17, 15) is 4.79 Å². The minimum absolute atomic E-state index is 0.138. The lowest BCUT2D eigenvalue weighted by Crippen LogP contribution is -2.25. The SMILES string of the molecule is O=C(Nc1ccc(-c2ccc(N3CCCCCC3)nn2)cc1)c1cccc(Br)c1. The van der Waals surface area contributed by atoms with Crippen molar-refractivity contribution in [3.63, 3.8) is 0 Å². The van der Waals surface area contributed by atoms with E-state index in [-0.39, 0.29) is 5.91 Å². The van der Waals surface area contributed by atoms with Crippen LogP contribution in [0.4, 0.5) is 11.5 Å². The quantitative estimate of drug-likeness (QED) is 0.566. The number of hydrogen-bond donors (Lipinski definition) is 1. The minimum Gasteiger partial charge on any atom is -0.355 e. The minimum atomic E-state index is -0.138. The second-order valence-corrected chi connectivity index (χ2v) is 8.14. The number of anilines is 2. The third kappa shape index (κ3) is 5.01. The molecule has 4 rings (SSSR count). The Morgan fingerprint density at radius 1 is 0.897 bits per heavy atom. The van der Waals surface area contributed by atoms with Crippen molar-refractivity contribution in [3.05, 3.63) is 70.7 Å². The highest BCUT2D eigenvalue weighted by Crippen LogP contribution is 2.22. The molecule has 1 fully saturated rings. The molecule has 5 nitrogen and oxygen atoms in total. The second kappa shape index (κ2) is 9.18. The zero-order chi connectivity index (χ0) is 20.1. The summed E-state index contributed by atoms with van der Waals surface area (Å²) in [5.41, 5.74) is 3.15. The van der Waals surface area contributed by atoms with E-state index in [2.05, 4.69) is 42.4 Å². The first-order valence-corrected chi connectivity index (χ1v) is 10.7. The third-order valence-corrected chi connectivity index (χ3v) is 5.60. The molecule has 148 valence electrons. The first kappa shape index (κ1) is 19.6. The zero-order valence-corrected chi connectivity index (χ0v) is 17.7. The van der Waals surface area contributed by atoms with Crippen molar-refractivity contribution in [2.45, 2.75) is 25.7 Å². The van der Waals surface area contributed by atoms with Gasteiger partial charge < -0.3 is 10.2 Å². The van der Waals surface area contributed by atoms with Crippen LogP contribution >= 0.6 is 15.9 Å². The molecule has 1 saturated heterocycles. The van der Waals surface area contributed by atoms with Crippen LogP contribution in [0.2, 0.25) is 0 Å². The lowest BCUT2D eigenvalue weighted by Gasteiger charge is -2.20. The molecule has 3 aromatic rings. The summed E-state index contributed by atoms with van der Waals surface area (Å²) >= 11 is 3.39. The maximum Gasteiger partial charge on any atom is 0.255 e. The van der Waals surface area contributed by atoms with Crippen LogP contribution < -0.4 is 10.2 Å². The number of halogens is 1. The average Bonchev–Trinajstić information content (AvgIpc) is 3.04. The van der Waals surface area contributed by atoms with E-state index in [1.807, 2.05) is 42.5 Å². The molecule has 0 atom stereocenters. The summed E-state index contributed by atoms with van der Waals surface area (Å²) in [4.78, 5) is 14.7. The predicted octanol–water partition coefficient (Wildman–Crippen LogP) is 5.54. The fourth-order valence-electron chi connectivity index (χ4n) is 3.50. The number of rotatable bonds is 4. The monoisotopic (exact) mass is 450 g/mol. The highest BCUT2D eigenvalue weighted by Gasteiger charge is 2.12. The van der Waals surface area contributed by atoms with E-state index < -0.39 is 0 Å². The summed E-state index contributed by atoms with van der Waals surface area (Å²) in [7, 11) is 0. The van der Waals surface area contributed by atoms with Gasteiger partial charge in [-0.3, -0.25) is 4.79 Å². The molecular formula is C23H23BrN4O. The van der Waals surface area contributed by atoms with Crippen molar-refractivity contribution in [1.82, 2.24) is 10.2 Å². The first-order chi connectivity index (χ1) is 14.2. The maximum atomic E-state index is 12.4. The topological polar surface area (TPSA) is 58.1 Å². The Morgan fingerprint density at radius 2 is 1.66 bits per heavy atom. The molecule has 2 heterocycles. The van der Waals surface area contributed by atoms with Gasteiger partial charge in [0, 0.05) is 34.4 Å². The van der Waals surface area contributed by atoms with Gasteiger partial charge in [0.05, 0.1) is 5.69 Å². The predicted molar refractivity (Wildman–Crippen MR) is 120 cm³/mol. The number of carbonyl (C=O) groups excluding carboxylic acids is 1. The molecule has 0 spiro atoms. The van der Waals surface area contributed by atoms with Crippen LogP contribution in [0, 0.1) is 0 Å². The largest absolute Gasteiger partial charge is 0.355 e. The average molecular weight is 451 g/mol. The van der Waals surface area contributed by atoms with Crippen molar-refractivity contribution in [2.75, 3.05) is 23.3 Å². The van der Waals surface area contributed by atoms with E-state index in [1.165, 1.54) is 25.7 Å². The number of benzene rings is 2. The van der Waals surface area contributed by atoms with Gasteiger partial charge in [-0.05, 0) is 55.3 Å². The van der Waals surface area contributed by atoms with Gasteiger partial charge in [-0.2, -0.15) is 0 Å². The number of nitrogens with zero attached hydrogens (tertiary/aromatic N) is 3. The highest BCUT2D eigenvalue weighted by molar-refractivity contribution is 9.10. The van der Waals surface area contributed by atoms with Crippen LogP contribution in [0.15, 0.2) is 65.1 Å². The van der Waals surface area contributed by atoms with Gasteiger partial charge in [0.25, 0.3) is 5.91 Å². The molecule has 2 aromatic carbocycles. The van der Waals surface area contributed by atoms with Gasteiger partial charge in [-0.1, -0.05) is 47.0 Å². The Morgan fingerprint density at radius 3 is 2.31 bits per heavy atom. The number of aromatic nitrogens is 2. The Bertz CT molecular complexity index is 965. The Kier molecular flexibility index (Phi) is 6.20. The van der Waals surface area contributed by atoms with Gasteiger partial charge >= 0.3 is 0 Å². The molecule has 29 heavy (non-hydrogen) atoms. The fraction of sp³-hybridized carbons (Fsp3) is 0.261. The van der Waals surface area contributed by atoms with Crippen molar-refractivity contribution in [1.29, 1.82) is 0 Å². The van der Waals surface area contributed by atoms with Crippen molar-refractivity contribution in [3.8, 4) is 11.3 Å². The lowest BCUT2D eigenvalue weighted by molar-refractivity contribution is 0.102. The van der Waals surface area contributed by atoms with Gasteiger partial charge in [0.2, 0.25) is 0 Å². The molecule has 0 unspecified atom stereocenters. The maximum absolute atomic E-state index is 12.4. The van der Waals surface area contributed by atoms with Gasteiger partial charge in [0.15, 0.2) is 5.82 Å². The molecule has 1 aliphatic rings. The number of carbonyl (C=O) groups is 1. The van der Waals surface area contributed by atoms with E-state index in [0.717, 1.165) is 40.3 Å². The summed E-state index contributed by atoms with van der Waals surface area (Å²) in [5, 5.41) is 11.8. The molecule has 1 aromatic heterocycles. The van der Waals surface area contributed by atoms with Gasteiger partial charge in [-0.15, -0.1) is 10.2 Å². The molecular weight excluding hydrogens is 428 g/mol. The molecule has 0 aliphatic carbocycles. The molecule has 1 N–H and O–H groups in total. The van der Waals surface area contributed by atoms with Crippen LogP contribution in [0.25, 0.3) is 11.3 Å². The summed E-state index contributed by atoms with van der Waals surface area (Å²) in [6, 6.07) is 19.1. The zero-order valence-electron chi connectivity index (χ0n) is 16.1. The van der Waals surface area contributed by atoms with E-state index in [0.29, 0.717) is 5.56 Å². The van der Waals surface area contributed by atoms with E-state index >= 15 is 0 Å². The standard InChI is InChI=1S/C23H23BrN4O/c24-19-7-5-6-18(16-19)23(29)25-20-10-8-17(9-11-20)21-12-13-22(27-26-21)28-14-3-1-2-4-15-28/h5-13,16H,1-4,14-15H2,(H,25,29). The van der Waals surface area contributed by atoms with Crippen molar-refractivity contribution < 1.29 is 4.79 Å². The van der Waals surface area contributed by atoms with Gasteiger partial charge in [-0.25, -0.2) is 0 Å². The molecule has 6 heteroatoms. The van der Waals surface area contributed by atoms with Crippen LogP contribution in [0.5, 0.6) is 0 Å². The number of hydrogen-bond acceptors (Lipinski definition) is 4.